The molecule has 1 heteroatoms. The molecule has 0 bridgehead atoms. The molecule has 118 valence electrons. The van der Waals surface area contributed by atoms with Crippen LogP contribution in [0.1, 0.15) is 70.6 Å². The molecule has 0 spiro atoms. The van der Waals surface area contributed by atoms with Gasteiger partial charge in [0.05, 0.1) is 0 Å². The second-order valence-electron chi connectivity index (χ2n) is 8.53. The molecule has 4 saturated carbocycles. The van der Waals surface area contributed by atoms with Gasteiger partial charge in [-0.05, 0) is 86.4 Å². The molecule has 0 aromatic heterocycles. The maximum atomic E-state index is 4.11. The smallest absolute Gasteiger partial charge is 0.0172 e. The van der Waals surface area contributed by atoms with E-state index in [2.05, 4.69) is 35.2 Å². The molecule has 4 fully saturated rings. The van der Waals surface area contributed by atoms with E-state index in [0.29, 0.717) is 5.41 Å². The monoisotopic (exact) mass is 398 g/mol. The zero-order valence-corrected chi connectivity index (χ0v) is 15.6. The fourth-order valence-electron chi connectivity index (χ4n) is 7.23. The predicted octanol–water partition coefficient (Wildman–Crippen LogP) is 6.39. The molecule has 21 heavy (non-hydrogen) atoms. The summed E-state index contributed by atoms with van der Waals surface area (Å²) in [5, 5.41) is 0. The summed E-state index contributed by atoms with van der Waals surface area (Å²) in [6.07, 6.45) is 18.9. The summed E-state index contributed by atoms with van der Waals surface area (Å²) >= 11 is 2.80. The van der Waals surface area contributed by atoms with Crippen LogP contribution in [0.5, 0.6) is 0 Å². The third kappa shape index (κ3) is 2.27. The van der Waals surface area contributed by atoms with E-state index < -0.39 is 0 Å². The SMILES string of the molecule is C=CC[C@]12CC[C@H]3[C@@H](CCC4CCCC[C@@H]43)[C@@H]1CC[C@H]2I. The van der Waals surface area contributed by atoms with Crippen molar-refractivity contribution in [1.29, 1.82) is 0 Å². The second kappa shape index (κ2) is 5.83. The Bertz CT molecular complexity index is 403. The Balaban J connectivity index is 1.60. The number of fused-ring (bicyclic) bond motifs is 5. The lowest BCUT2D eigenvalue weighted by molar-refractivity contribution is -0.0523. The van der Waals surface area contributed by atoms with Gasteiger partial charge >= 0.3 is 0 Å². The normalized spacial score (nSPS) is 52.6. The largest absolute Gasteiger partial charge is 0.103 e. The first-order chi connectivity index (χ1) is 10.3. The van der Waals surface area contributed by atoms with Crippen molar-refractivity contribution in [2.75, 3.05) is 0 Å². The van der Waals surface area contributed by atoms with E-state index >= 15 is 0 Å². The Kier molecular flexibility index (Phi) is 4.17. The fraction of sp³-hybridized carbons (Fsp3) is 0.900. The summed E-state index contributed by atoms with van der Waals surface area (Å²) in [5.74, 6) is 5.46. The van der Waals surface area contributed by atoms with Crippen LogP contribution in [0.15, 0.2) is 12.7 Å². The second-order valence-corrected chi connectivity index (χ2v) is 10.0. The molecule has 0 aromatic carbocycles. The number of allylic oxidation sites excluding steroid dienone is 1. The number of halogens is 1. The average molecular weight is 398 g/mol. The lowest BCUT2D eigenvalue weighted by Gasteiger charge is -2.56. The van der Waals surface area contributed by atoms with Gasteiger partial charge in [-0.3, -0.25) is 0 Å². The topological polar surface area (TPSA) is 0 Å². The highest BCUT2D eigenvalue weighted by Gasteiger charge is 2.57. The highest BCUT2D eigenvalue weighted by molar-refractivity contribution is 14.1. The van der Waals surface area contributed by atoms with E-state index in [1.54, 1.807) is 32.1 Å². The molecule has 0 aromatic rings. The molecule has 0 saturated heterocycles. The third-order valence-corrected chi connectivity index (χ3v) is 9.88. The molecule has 0 heterocycles. The van der Waals surface area contributed by atoms with Gasteiger partial charge in [-0.1, -0.05) is 47.9 Å². The van der Waals surface area contributed by atoms with Crippen molar-refractivity contribution in [3.05, 3.63) is 12.7 Å². The zero-order valence-electron chi connectivity index (χ0n) is 13.4. The van der Waals surface area contributed by atoms with E-state index in [1.165, 1.54) is 38.5 Å². The highest BCUT2D eigenvalue weighted by Crippen LogP contribution is 2.65. The van der Waals surface area contributed by atoms with E-state index in [0.717, 1.165) is 33.5 Å². The van der Waals surface area contributed by atoms with Crippen LogP contribution in [0.2, 0.25) is 0 Å². The van der Waals surface area contributed by atoms with Crippen molar-refractivity contribution in [3.63, 3.8) is 0 Å². The minimum atomic E-state index is 0.644. The van der Waals surface area contributed by atoms with Crippen LogP contribution in [0.25, 0.3) is 0 Å². The van der Waals surface area contributed by atoms with Crippen molar-refractivity contribution in [1.82, 2.24) is 0 Å². The van der Waals surface area contributed by atoms with Gasteiger partial charge in [-0.25, -0.2) is 0 Å². The number of hydrogen-bond donors (Lipinski definition) is 0. The van der Waals surface area contributed by atoms with Crippen molar-refractivity contribution in [2.45, 2.75) is 74.6 Å². The summed E-state index contributed by atoms with van der Waals surface area (Å²) < 4.78 is 0.920. The summed E-state index contributed by atoms with van der Waals surface area (Å²) in [4.78, 5) is 0. The molecule has 4 aliphatic rings. The van der Waals surface area contributed by atoms with Gasteiger partial charge in [0.2, 0.25) is 0 Å². The van der Waals surface area contributed by atoms with Gasteiger partial charge in [-0.2, -0.15) is 0 Å². The van der Waals surface area contributed by atoms with Crippen LogP contribution in [0.4, 0.5) is 0 Å². The first kappa shape index (κ1) is 15.0. The Morgan fingerprint density at radius 3 is 2.62 bits per heavy atom. The zero-order chi connectivity index (χ0) is 14.4. The van der Waals surface area contributed by atoms with Gasteiger partial charge in [0.15, 0.2) is 0 Å². The molecule has 4 rings (SSSR count). The molecular weight excluding hydrogens is 367 g/mol. The minimum Gasteiger partial charge on any atom is -0.103 e. The van der Waals surface area contributed by atoms with Crippen molar-refractivity contribution in [3.8, 4) is 0 Å². The molecular formula is C20H31I. The number of rotatable bonds is 2. The Labute approximate surface area is 144 Å². The number of hydrogen-bond acceptors (Lipinski definition) is 0. The summed E-state index contributed by atoms with van der Waals surface area (Å²) in [5.41, 5.74) is 0.644. The standard InChI is InChI=1S/C20H31I/c1-2-12-20-13-11-16-15-6-4-3-5-14(15)7-8-17(16)18(20)9-10-19(20)21/h2,14-19H,1,3-13H2/t14?,15-,16+,17+,18-,19+,20-/m0/s1. The molecule has 0 N–H and O–H groups in total. The van der Waals surface area contributed by atoms with Crippen molar-refractivity contribution in [2.24, 2.45) is 35.0 Å². The van der Waals surface area contributed by atoms with Crippen LogP contribution in [0, 0.1) is 35.0 Å². The van der Waals surface area contributed by atoms with Crippen LogP contribution < -0.4 is 0 Å². The first-order valence-electron chi connectivity index (χ1n) is 9.51. The quantitative estimate of drug-likeness (QED) is 0.287. The summed E-state index contributed by atoms with van der Waals surface area (Å²) in [6.45, 7) is 4.11. The molecule has 0 amide bonds. The summed E-state index contributed by atoms with van der Waals surface area (Å²) in [6, 6.07) is 0. The lowest BCUT2D eigenvalue weighted by Crippen LogP contribution is -2.49. The maximum absolute atomic E-state index is 4.11. The minimum absolute atomic E-state index is 0.644. The molecule has 0 radical (unpaired) electrons. The van der Waals surface area contributed by atoms with Gasteiger partial charge in [-0.15, -0.1) is 6.58 Å². The van der Waals surface area contributed by atoms with Gasteiger partial charge < -0.3 is 0 Å². The Hall–Kier alpha value is 0.470. The third-order valence-electron chi connectivity index (χ3n) is 8.02. The molecule has 7 atom stereocenters. The first-order valence-corrected chi connectivity index (χ1v) is 10.8. The van der Waals surface area contributed by atoms with Crippen LogP contribution >= 0.6 is 22.6 Å². The Morgan fingerprint density at radius 1 is 0.905 bits per heavy atom. The number of alkyl halides is 1. The van der Waals surface area contributed by atoms with Crippen LogP contribution in [0.3, 0.4) is 0 Å². The van der Waals surface area contributed by atoms with Crippen molar-refractivity contribution >= 4 is 22.6 Å². The van der Waals surface area contributed by atoms with E-state index in [9.17, 15) is 0 Å². The van der Waals surface area contributed by atoms with Gasteiger partial charge in [0, 0.05) is 3.92 Å². The maximum Gasteiger partial charge on any atom is 0.0172 e. The average Bonchev–Trinajstić information content (AvgIpc) is 2.85. The van der Waals surface area contributed by atoms with Crippen LogP contribution in [-0.2, 0) is 0 Å². The Morgan fingerprint density at radius 2 is 1.76 bits per heavy atom. The van der Waals surface area contributed by atoms with Gasteiger partial charge in [0.1, 0.15) is 0 Å². The van der Waals surface area contributed by atoms with E-state index in [1.807, 2.05) is 0 Å². The van der Waals surface area contributed by atoms with Gasteiger partial charge in [0.25, 0.3) is 0 Å². The van der Waals surface area contributed by atoms with E-state index in [4.69, 9.17) is 0 Å². The molecule has 0 aliphatic heterocycles. The van der Waals surface area contributed by atoms with Crippen LogP contribution in [-0.4, -0.2) is 3.92 Å². The summed E-state index contributed by atoms with van der Waals surface area (Å²) in [7, 11) is 0. The molecule has 0 nitrogen and oxygen atoms in total. The highest BCUT2D eigenvalue weighted by atomic mass is 127. The van der Waals surface area contributed by atoms with E-state index in [-0.39, 0.29) is 0 Å². The molecule has 1 unspecified atom stereocenters. The lowest BCUT2D eigenvalue weighted by atomic mass is 9.50. The fourth-order valence-corrected chi connectivity index (χ4v) is 8.61. The van der Waals surface area contributed by atoms with Crippen molar-refractivity contribution < 1.29 is 0 Å². The molecule has 4 aliphatic carbocycles. The predicted molar refractivity (Wildman–Crippen MR) is 98.7 cm³/mol.